The van der Waals surface area contributed by atoms with Crippen LogP contribution in [0.4, 0.5) is 0 Å². The van der Waals surface area contributed by atoms with Crippen LogP contribution in [0.2, 0.25) is 0 Å². The Balaban J connectivity index is 1.62. The highest BCUT2D eigenvalue weighted by molar-refractivity contribution is 7.83. The van der Waals surface area contributed by atoms with Crippen LogP contribution in [0.15, 0.2) is 24.3 Å². The van der Waals surface area contributed by atoms with Crippen LogP contribution in [0.5, 0.6) is 0 Å². The van der Waals surface area contributed by atoms with Gasteiger partial charge in [0.15, 0.2) is 5.82 Å². The summed E-state index contributed by atoms with van der Waals surface area (Å²) in [6.07, 6.45) is 2.25. The van der Waals surface area contributed by atoms with E-state index in [9.17, 15) is 4.21 Å². The Morgan fingerprint density at radius 1 is 1.24 bits per heavy atom. The summed E-state index contributed by atoms with van der Waals surface area (Å²) in [5.74, 6) is 2.24. The zero-order valence-electron chi connectivity index (χ0n) is 12.4. The number of hydrogen-bond acceptors (Lipinski definition) is 4. The van der Waals surface area contributed by atoms with Gasteiger partial charge in [0, 0.05) is 16.6 Å². The molecule has 0 unspecified atom stereocenters. The van der Waals surface area contributed by atoms with Gasteiger partial charge in [-0.2, -0.15) is 0 Å². The van der Waals surface area contributed by atoms with Gasteiger partial charge in [-0.25, -0.2) is 4.68 Å². The quantitative estimate of drug-likeness (QED) is 0.823. The fourth-order valence-corrected chi connectivity index (χ4v) is 3.43. The van der Waals surface area contributed by atoms with E-state index in [-0.39, 0.29) is 0 Å². The lowest BCUT2D eigenvalue weighted by molar-refractivity contribution is 0.591. The Hall–Kier alpha value is -1.56. The van der Waals surface area contributed by atoms with E-state index in [2.05, 4.69) is 53.6 Å². The Bertz CT molecular complexity index is 631. The third-order valence-corrected chi connectivity index (χ3v) is 4.95. The second kappa shape index (κ2) is 6.05. The van der Waals surface area contributed by atoms with Crippen LogP contribution >= 0.6 is 0 Å². The SMILES string of the molecule is CC(C)c1ccc(C[S@](=O)Cc2nnnn2C2CC2)cc1. The minimum atomic E-state index is -0.980. The zero-order chi connectivity index (χ0) is 14.8. The van der Waals surface area contributed by atoms with Crippen LogP contribution in [0.25, 0.3) is 0 Å². The Morgan fingerprint density at radius 3 is 2.57 bits per heavy atom. The summed E-state index contributed by atoms with van der Waals surface area (Å²) in [5, 5.41) is 11.7. The molecule has 0 amide bonds. The van der Waals surface area contributed by atoms with Crippen molar-refractivity contribution in [3.05, 3.63) is 41.2 Å². The average molecular weight is 304 g/mol. The van der Waals surface area contributed by atoms with Gasteiger partial charge >= 0.3 is 0 Å². The van der Waals surface area contributed by atoms with E-state index in [0.717, 1.165) is 24.2 Å². The minimum Gasteiger partial charge on any atom is -0.259 e. The van der Waals surface area contributed by atoms with Gasteiger partial charge in [0.25, 0.3) is 0 Å². The smallest absolute Gasteiger partial charge is 0.164 e. The number of rotatable bonds is 6. The fourth-order valence-electron chi connectivity index (χ4n) is 2.29. The maximum Gasteiger partial charge on any atom is 0.164 e. The van der Waals surface area contributed by atoms with Gasteiger partial charge in [0.2, 0.25) is 0 Å². The lowest BCUT2D eigenvalue weighted by Crippen LogP contribution is -2.08. The van der Waals surface area contributed by atoms with Crippen molar-refractivity contribution in [3.8, 4) is 0 Å². The van der Waals surface area contributed by atoms with E-state index in [1.807, 2.05) is 4.68 Å². The molecule has 1 fully saturated rings. The van der Waals surface area contributed by atoms with Gasteiger partial charge in [-0.3, -0.25) is 4.21 Å². The van der Waals surface area contributed by atoms with Crippen molar-refractivity contribution in [2.24, 2.45) is 0 Å². The second-order valence-corrected chi connectivity index (χ2v) is 7.35. The number of nitrogens with zero attached hydrogens (tertiary/aromatic N) is 4. The highest BCUT2D eigenvalue weighted by Crippen LogP contribution is 2.34. The van der Waals surface area contributed by atoms with Gasteiger partial charge in [-0.15, -0.1) is 5.10 Å². The van der Waals surface area contributed by atoms with Gasteiger partial charge in [-0.1, -0.05) is 38.1 Å². The molecule has 1 aromatic carbocycles. The van der Waals surface area contributed by atoms with Crippen LogP contribution in [0.3, 0.4) is 0 Å². The Morgan fingerprint density at radius 2 is 1.95 bits per heavy atom. The van der Waals surface area contributed by atoms with Gasteiger partial charge in [0.05, 0.1) is 11.8 Å². The van der Waals surface area contributed by atoms with Crippen LogP contribution < -0.4 is 0 Å². The van der Waals surface area contributed by atoms with E-state index >= 15 is 0 Å². The second-order valence-electron chi connectivity index (χ2n) is 5.90. The molecule has 0 radical (unpaired) electrons. The normalized spacial score (nSPS) is 16.3. The molecule has 1 aliphatic rings. The summed E-state index contributed by atoms with van der Waals surface area (Å²) in [7, 11) is -0.980. The standard InChI is InChI=1S/C15H20N4OS/c1-11(2)13-5-3-12(4-6-13)9-21(20)10-15-16-17-18-19(15)14-7-8-14/h3-6,11,14H,7-10H2,1-2H3/t21-/m0/s1. The fraction of sp³-hybridized carbons (Fsp3) is 0.533. The van der Waals surface area contributed by atoms with Crippen molar-refractivity contribution in [2.75, 3.05) is 0 Å². The summed E-state index contributed by atoms with van der Waals surface area (Å²) >= 11 is 0. The molecule has 6 heteroatoms. The van der Waals surface area contributed by atoms with Crippen molar-refractivity contribution in [1.29, 1.82) is 0 Å². The molecular weight excluding hydrogens is 284 g/mol. The average Bonchev–Trinajstić information content (AvgIpc) is 3.20. The zero-order valence-corrected chi connectivity index (χ0v) is 13.2. The highest BCUT2D eigenvalue weighted by atomic mass is 32.2. The molecule has 0 N–H and O–H groups in total. The molecule has 1 aromatic heterocycles. The first-order chi connectivity index (χ1) is 10.1. The number of aromatic nitrogens is 4. The predicted molar refractivity (Wildman–Crippen MR) is 82.2 cm³/mol. The number of tetrazole rings is 1. The van der Waals surface area contributed by atoms with Crippen molar-refractivity contribution in [1.82, 2.24) is 20.2 Å². The Kier molecular flexibility index (Phi) is 4.14. The number of benzene rings is 1. The minimum absolute atomic E-state index is 0.426. The summed E-state index contributed by atoms with van der Waals surface area (Å²) in [6, 6.07) is 8.79. The van der Waals surface area contributed by atoms with Crippen molar-refractivity contribution in [2.45, 2.75) is 50.2 Å². The van der Waals surface area contributed by atoms with Gasteiger partial charge in [0.1, 0.15) is 0 Å². The molecule has 1 heterocycles. The molecule has 0 bridgehead atoms. The molecule has 112 valence electrons. The molecule has 2 aromatic rings. The van der Waals surface area contributed by atoms with E-state index in [0.29, 0.717) is 23.5 Å². The van der Waals surface area contributed by atoms with Gasteiger partial charge in [-0.05, 0) is 40.3 Å². The molecule has 1 saturated carbocycles. The first-order valence-electron chi connectivity index (χ1n) is 7.34. The topological polar surface area (TPSA) is 60.7 Å². The largest absolute Gasteiger partial charge is 0.259 e. The van der Waals surface area contributed by atoms with E-state index in [1.165, 1.54) is 5.56 Å². The highest BCUT2D eigenvalue weighted by Gasteiger charge is 2.28. The molecule has 0 saturated heterocycles. The molecule has 3 rings (SSSR count). The summed E-state index contributed by atoms with van der Waals surface area (Å²) < 4.78 is 14.1. The lowest BCUT2D eigenvalue weighted by Gasteiger charge is -2.07. The maximum atomic E-state index is 12.3. The first kappa shape index (κ1) is 14.4. The maximum absolute atomic E-state index is 12.3. The van der Waals surface area contributed by atoms with Crippen molar-refractivity contribution < 1.29 is 4.21 Å². The lowest BCUT2D eigenvalue weighted by atomic mass is 10.0. The third-order valence-electron chi connectivity index (χ3n) is 3.72. The Labute approximate surface area is 127 Å². The molecule has 0 aliphatic heterocycles. The molecule has 21 heavy (non-hydrogen) atoms. The number of hydrogen-bond donors (Lipinski definition) is 0. The van der Waals surface area contributed by atoms with Crippen molar-refractivity contribution in [3.63, 3.8) is 0 Å². The molecule has 1 atom stereocenters. The van der Waals surface area contributed by atoms with Crippen LogP contribution in [0, 0.1) is 0 Å². The van der Waals surface area contributed by atoms with E-state index < -0.39 is 10.8 Å². The van der Waals surface area contributed by atoms with Crippen LogP contribution in [-0.2, 0) is 22.3 Å². The predicted octanol–water partition coefficient (Wildman–Crippen LogP) is 2.58. The van der Waals surface area contributed by atoms with Gasteiger partial charge < -0.3 is 0 Å². The molecule has 0 spiro atoms. The van der Waals surface area contributed by atoms with E-state index in [1.54, 1.807) is 0 Å². The summed E-state index contributed by atoms with van der Waals surface area (Å²) in [5.41, 5.74) is 2.41. The monoisotopic (exact) mass is 304 g/mol. The third kappa shape index (κ3) is 3.56. The molecular formula is C15H20N4OS. The van der Waals surface area contributed by atoms with Crippen molar-refractivity contribution >= 4 is 10.8 Å². The summed E-state index contributed by atoms with van der Waals surface area (Å²) in [4.78, 5) is 0. The molecule has 1 aliphatic carbocycles. The first-order valence-corrected chi connectivity index (χ1v) is 8.83. The molecule has 5 nitrogen and oxygen atoms in total. The van der Waals surface area contributed by atoms with E-state index in [4.69, 9.17) is 0 Å². The van der Waals surface area contributed by atoms with Crippen LogP contribution in [-0.4, -0.2) is 24.4 Å². The van der Waals surface area contributed by atoms with Crippen LogP contribution in [0.1, 0.15) is 55.6 Å². The summed E-state index contributed by atoms with van der Waals surface area (Å²) in [6.45, 7) is 4.34.